The van der Waals surface area contributed by atoms with Crippen molar-refractivity contribution < 1.29 is 9.90 Å². The lowest BCUT2D eigenvalue weighted by molar-refractivity contribution is 0.0946. The fourth-order valence-electron chi connectivity index (χ4n) is 2.03. The molecule has 0 fully saturated rings. The van der Waals surface area contributed by atoms with E-state index in [1.807, 2.05) is 30.3 Å². The molecule has 2 aromatic heterocycles. The molecule has 0 spiro atoms. The Balaban J connectivity index is 0.00000100. The molecule has 3 rings (SSSR count). The van der Waals surface area contributed by atoms with Gasteiger partial charge in [-0.1, -0.05) is 23.7 Å². The lowest BCUT2D eigenvalue weighted by atomic mass is 10.2. The summed E-state index contributed by atoms with van der Waals surface area (Å²) in [6.07, 6.45) is 3.37. The molecule has 3 N–H and O–H groups in total. The number of nitrogens with zero attached hydrogens (tertiary/aromatic N) is 2. The van der Waals surface area contributed by atoms with Gasteiger partial charge in [0.05, 0.1) is 5.69 Å². The number of carbonyl (C=O) groups is 1. The summed E-state index contributed by atoms with van der Waals surface area (Å²) in [5, 5.41) is 17.4. The van der Waals surface area contributed by atoms with Crippen LogP contribution in [-0.4, -0.2) is 33.3 Å². The molecule has 0 unspecified atom stereocenters. The molecular formula is C17H17ClN4O2. The molecule has 1 amide bonds. The average molecular weight is 345 g/mol. The maximum atomic E-state index is 12.1. The van der Waals surface area contributed by atoms with E-state index < -0.39 is 0 Å². The molecule has 6 nitrogen and oxygen atoms in total. The number of amides is 1. The molecule has 2 heterocycles. The second-order valence-electron chi connectivity index (χ2n) is 4.72. The Labute approximate surface area is 144 Å². The van der Waals surface area contributed by atoms with E-state index in [4.69, 9.17) is 16.7 Å². The van der Waals surface area contributed by atoms with Gasteiger partial charge in [0, 0.05) is 36.6 Å². The molecule has 3 aromatic rings. The second-order valence-corrected chi connectivity index (χ2v) is 5.15. The molecule has 7 heteroatoms. The van der Waals surface area contributed by atoms with Crippen molar-refractivity contribution in [1.29, 1.82) is 0 Å². The lowest BCUT2D eigenvalue weighted by Crippen LogP contribution is -2.23. The largest absolute Gasteiger partial charge is 0.400 e. The molecule has 1 aromatic carbocycles. The van der Waals surface area contributed by atoms with Gasteiger partial charge in [0.1, 0.15) is 5.69 Å². The van der Waals surface area contributed by atoms with Gasteiger partial charge in [-0.25, -0.2) is 0 Å². The van der Waals surface area contributed by atoms with Crippen LogP contribution < -0.4 is 5.32 Å². The monoisotopic (exact) mass is 344 g/mol. The van der Waals surface area contributed by atoms with Crippen LogP contribution in [0.25, 0.3) is 11.3 Å². The Bertz CT molecular complexity index is 790. The molecule has 24 heavy (non-hydrogen) atoms. The van der Waals surface area contributed by atoms with E-state index in [-0.39, 0.29) is 5.91 Å². The van der Waals surface area contributed by atoms with Gasteiger partial charge in [-0.3, -0.25) is 14.9 Å². The Kier molecular flexibility index (Phi) is 6.48. The number of pyridine rings is 1. The van der Waals surface area contributed by atoms with Crippen LogP contribution in [0.15, 0.2) is 54.9 Å². The fraction of sp³-hybridized carbons (Fsp3) is 0.118. The maximum absolute atomic E-state index is 12.1. The third kappa shape index (κ3) is 4.65. The standard InChI is InChI=1S/C16H13ClN4O.CH4O/c17-13-3-1-2-11(8-13)10-19-16(22)15-9-14(20-21-15)12-4-6-18-7-5-12;1-2/h1-9H,10H2,(H,19,22)(H,20,21);2H,1H3. The van der Waals surface area contributed by atoms with Crippen LogP contribution in [0.1, 0.15) is 16.1 Å². The number of H-pyrrole nitrogens is 1. The molecule has 0 saturated carbocycles. The zero-order valence-electron chi connectivity index (χ0n) is 13.0. The third-order valence-electron chi connectivity index (χ3n) is 3.14. The molecule has 0 radical (unpaired) electrons. The molecule has 124 valence electrons. The topological polar surface area (TPSA) is 90.9 Å². The van der Waals surface area contributed by atoms with Crippen LogP contribution >= 0.6 is 11.6 Å². The fourth-order valence-corrected chi connectivity index (χ4v) is 2.25. The van der Waals surface area contributed by atoms with Gasteiger partial charge >= 0.3 is 0 Å². The predicted octanol–water partition coefficient (Wildman–Crippen LogP) is 2.66. The highest BCUT2D eigenvalue weighted by Crippen LogP contribution is 2.16. The zero-order valence-corrected chi connectivity index (χ0v) is 13.8. The summed E-state index contributed by atoms with van der Waals surface area (Å²) in [6, 6.07) is 12.7. The normalized spacial score (nSPS) is 9.79. The van der Waals surface area contributed by atoms with Crippen molar-refractivity contribution in [1.82, 2.24) is 20.5 Å². The Morgan fingerprint density at radius 2 is 1.96 bits per heavy atom. The van der Waals surface area contributed by atoms with Crippen molar-refractivity contribution in [3.05, 3.63) is 71.1 Å². The van der Waals surface area contributed by atoms with Crippen LogP contribution in [0.5, 0.6) is 0 Å². The van der Waals surface area contributed by atoms with Gasteiger partial charge in [-0.15, -0.1) is 0 Å². The number of hydrogen-bond donors (Lipinski definition) is 3. The summed E-state index contributed by atoms with van der Waals surface area (Å²) in [4.78, 5) is 16.1. The summed E-state index contributed by atoms with van der Waals surface area (Å²) < 4.78 is 0. The minimum atomic E-state index is -0.215. The minimum Gasteiger partial charge on any atom is -0.400 e. The summed E-state index contributed by atoms with van der Waals surface area (Å²) >= 11 is 5.91. The van der Waals surface area contributed by atoms with Crippen molar-refractivity contribution in [3.63, 3.8) is 0 Å². The van der Waals surface area contributed by atoms with Crippen molar-refractivity contribution in [2.24, 2.45) is 0 Å². The number of nitrogens with one attached hydrogen (secondary N) is 2. The smallest absolute Gasteiger partial charge is 0.269 e. The Hall–Kier alpha value is -2.70. The number of aliphatic hydroxyl groups is 1. The van der Waals surface area contributed by atoms with E-state index in [1.54, 1.807) is 24.5 Å². The average Bonchev–Trinajstić information content (AvgIpc) is 3.12. The van der Waals surface area contributed by atoms with Gasteiger partial charge in [0.25, 0.3) is 5.91 Å². The van der Waals surface area contributed by atoms with Gasteiger partial charge in [0.2, 0.25) is 0 Å². The van der Waals surface area contributed by atoms with Crippen molar-refractivity contribution in [3.8, 4) is 11.3 Å². The van der Waals surface area contributed by atoms with Gasteiger partial charge in [-0.05, 0) is 35.9 Å². The molecule has 0 atom stereocenters. The van der Waals surface area contributed by atoms with Crippen LogP contribution in [-0.2, 0) is 6.54 Å². The first-order chi connectivity index (χ1) is 11.7. The first-order valence-corrected chi connectivity index (χ1v) is 7.53. The highest BCUT2D eigenvalue weighted by molar-refractivity contribution is 6.30. The molecule has 0 bridgehead atoms. The number of hydrogen-bond acceptors (Lipinski definition) is 4. The molecule has 0 aliphatic carbocycles. The van der Waals surface area contributed by atoms with Crippen molar-refractivity contribution >= 4 is 17.5 Å². The number of aromatic nitrogens is 3. The maximum Gasteiger partial charge on any atom is 0.269 e. The quantitative estimate of drug-likeness (QED) is 0.678. The minimum absolute atomic E-state index is 0.215. The first kappa shape index (κ1) is 17.7. The predicted molar refractivity (Wildman–Crippen MR) is 92.6 cm³/mol. The number of aliphatic hydroxyl groups excluding tert-OH is 1. The van der Waals surface area contributed by atoms with E-state index in [0.717, 1.165) is 18.2 Å². The summed E-state index contributed by atoms with van der Waals surface area (Å²) in [7, 11) is 1.00. The van der Waals surface area contributed by atoms with Crippen molar-refractivity contribution in [2.45, 2.75) is 6.54 Å². The highest BCUT2D eigenvalue weighted by Gasteiger charge is 2.10. The Morgan fingerprint density at radius 1 is 1.21 bits per heavy atom. The highest BCUT2D eigenvalue weighted by atomic mass is 35.5. The van der Waals surface area contributed by atoms with Crippen LogP contribution in [0, 0.1) is 0 Å². The van der Waals surface area contributed by atoms with Crippen LogP contribution in [0.4, 0.5) is 0 Å². The number of halogens is 1. The number of benzene rings is 1. The van der Waals surface area contributed by atoms with Gasteiger partial charge in [0.15, 0.2) is 0 Å². The molecular weight excluding hydrogens is 328 g/mol. The van der Waals surface area contributed by atoms with Gasteiger partial charge in [-0.2, -0.15) is 5.10 Å². The molecule has 0 aliphatic rings. The third-order valence-corrected chi connectivity index (χ3v) is 3.38. The SMILES string of the molecule is CO.O=C(NCc1cccc(Cl)c1)c1cc(-c2ccncc2)n[nH]1. The Morgan fingerprint density at radius 3 is 2.67 bits per heavy atom. The van der Waals surface area contributed by atoms with E-state index in [2.05, 4.69) is 20.5 Å². The number of aromatic amines is 1. The first-order valence-electron chi connectivity index (χ1n) is 7.15. The van der Waals surface area contributed by atoms with Crippen molar-refractivity contribution in [2.75, 3.05) is 7.11 Å². The summed E-state index contributed by atoms with van der Waals surface area (Å²) in [5.41, 5.74) is 2.96. The van der Waals surface area contributed by atoms with E-state index in [1.165, 1.54) is 0 Å². The van der Waals surface area contributed by atoms with E-state index in [9.17, 15) is 4.79 Å². The lowest BCUT2D eigenvalue weighted by Gasteiger charge is -2.03. The van der Waals surface area contributed by atoms with Gasteiger partial charge < -0.3 is 10.4 Å². The van der Waals surface area contributed by atoms with Crippen LogP contribution in [0.3, 0.4) is 0 Å². The number of rotatable bonds is 4. The molecule has 0 saturated heterocycles. The van der Waals surface area contributed by atoms with Crippen LogP contribution in [0.2, 0.25) is 5.02 Å². The molecule has 0 aliphatic heterocycles. The van der Waals surface area contributed by atoms with E-state index >= 15 is 0 Å². The summed E-state index contributed by atoms with van der Waals surface area (Å²) in [5.74, 6) is -0.215. The zero-order chi connectivity index (χ0) is 17.4. The second kappa shape index (κ2) is 8.81. The van der Waals surface area contributed by atoms with E-state index in [0.29, 0.717) is 23.0 Å². The summed E-state index contributed by atoms with van der Waals surface area (Å²) in [6.45, 7) is 0.406. The number of carbonyl (C=O) groups excluding carboxylic acids is 1.